The van der Waals surface area contributed by atoms with Crippen LogP contribution in [0.25, 0.3) is 0 Å². The van der Waals surface area contributed by atoms with E-state index in [2.05, 4.69) is 25.7 Å². The largest absolute Gasteiger partial charge is 0.454 e. The minimum absolute atomic E-state index is 0.282. The summed E-state index contributed by atoms with van der Waals surface area (Å²) in [7, 11) is 0. The molecule has 2 heterocycles. The lowest BCUT2D eigenvalue weighted by Crippen LogP contribution is -2.36. The van der Waals surface area contributed by atoms with Gasteiger partial charge in [0.25, 0.3) is 0 Å². The third-order valence-corrected chi connectivity index (χ3v) is 5.53. The Morgan fingerprint density at radius 2 is 2.00 bits per heavy atom. The Labute approximate surface area is 157 Å². The molecule has 0 aliphatic carbocycles. The number of aliphatic hydroxyl groups is 1. The van der Waals surface area contributed by atoms with Crippen LogP contribution in [0.4, 0.5) is 0 Å². The van der Waals surface area contributed by atoms with E-state index in [1.165, 1.54) is 19.3 Å². The minimum atomic E-state index is -0.449. The zero-order valence-corrected chi connectivity index (χ0v) is 16.4. The van der Waals surface area contributed by atoms with Gasteiger partial charge in [-0.1, -0.05) is 26.8 Å². The number of hydrogen-bond acceptors (Lipinski definition) is 5. The quantitative estimate of drug-likeness (QED) is 0.839. The first-order valence-electron chi connectivity index (χ1n) is 9.78. The number of nitrogens with zero attached hydrogens (tertiary/aromatic N) is 1. The van der Waals surface area contributed by atoms with Crippen LogP contribution < -0.4 is 9.47 Å². The smallest absolute Gasteiger partial charge is 0.231 e. The van der Waals surface area contributed by atoms with Gasteiger partial charge in [-0.2, -0.15) is 0 Å². The van der Waals surface area contributed by atoms with E-state index in [4.69, 9.17) is 14.2 Å². The number of rotatable bonds is 6. The van der Waals surface area contributed by atoms with Crippen molar-refractivity contribution in [2.45, 2.75) is 52.7 Å². The lowest BCUT2D eigenvalue weighted by molar-refractivity contribution is 0.0100. The maximum absolute atomic E-state index is 10.3. The number of hydrogen-bond donors (Lipinski definition) is 1. The molecule has 2 aliphatic heterocycles. The summed E-state index contributed by atoms with van der Waals surface area (Å²) < 4.78 is 16.4. The highest BCUT2D eigenvalue weighted by molar-refractivity contribution is 5.44. The third-order valence-electron chi connectivity index (χ3n) is 5.53. The summed E-state index contributed by atoms with van der Waals surface area (Å²) >= 11 is 0. The van der Waals surface area contributed by atoms with Crippen LogP contribution in [0, 0.1) is 11.3 Å². The van der Waals surface area contributed by atoms with Crippen molar-refractivity contribution in [3.8, 4) is 11.5 Å². The molecule has 0 aromatic heterocycles. The highest BCUT2D eigenvalue weighted by atomic mass is 16.7. The molecule has 0 bridgehead atoms. The monoisotopic (exact) mass is 363 g/mol. The summed E-state index contributed by atoms with van der Waals surface area (Å²) in [5, 5.41) is 10.3. The predicted octanol–water partition coefficient (Wildman–Crippen LogP) is 3.44. The summed E-state index contributed by atoms with van der Waals surface area (Å²) in [5.74, 6) is 2.32. The van der Waals surface area contributed by atoms with Crippen molar-refractivity contribution in [1.29, 1.82) is 0 Å². The van der Waals surface area contributed by atoms with Gasteiger partial charge in [-0.3, -0.25) is 0 Å². The van der Waals surface area contributed by atoms with Gasteiger partial charge in [0.1, 0.15) is 0 Å². The Morgan fingerprint density at radius 3 is 2.81 bits per heavy atom. The third kappa shape index (κ3) is 5.35. The van der Waals surface area contributed by atoms with Crippen molar-refractivity contribution in [2.75, 3.05) is 33.0 Å². The summed E-state index contributed by atoms with van der Waals surface area (Å²) in [6.07, 6.45) is 3.27. The van der Waals surface area contributed by atoms with Crippen molar-refractivity contribution in [2.24, 2.45) is 11.3 Å². The Kier molecular flexibility index (Phi) is 6.43. The van der Waals surface area contributed by atoms with Crippen LogP contribution in [0.1, 0.15) is 45.6 Å². The van der Waals surface area contributed by atoms with Crippen molar-refractivity contribution < 1.29 is 19.3 Å². The van der Waals surface area contributed by atoms with Crippen molar-refractivity contribution >= 4 is 0 Å². The molecule has 5 nitrogen and oxygen atoms in total. The first-order chi connectivity index (χ1) is 12.4. The number of ether oxygens (including phenoxy) is 3. The molecule has 0 amide bonds. The second-order valence-electron chi connectivity index (χ2n) is 8.65. The average molecular weight is 363 g/mol. The maximum Gasteiger partial charge on any atom is 0.231 e. The van der Waals surface area contributed by atoms with Gasteiger partial charge in [0, 0.05) is 6.54 Å². The van der Waals surface area contributed by atoms with E-state index >= 15 is 0 Å². The molecule has 26 heavy (non-hydrogen) atoms. The first-order valence-corrected chi connectivity index (χ1v) is 9.78. The Balaban J connectivity index is 1.38. The van der Waals surface area contributed by atoms with Gasteiger partial charge in [-0.05, 0) is 61.4 Å². The van der Waals surface area contributed by atoms with Crippen LogP contribution in [-0.4, -0.2) is 49.1 Å². The molecule has 1 aromatic carbocycles. The standard InChI is InChI=1S/C21H33NO4/c1-21(2,3)17-5-4-9-22(10-8-17)12-18(23)14-24-13-16-6-7-19-20(11-16)26-15-25-19/h6-7,11,17-18,23H,4-5,8-10,12-15H2,1-3H3. The molecule has 0 saturated carbocycles. The van der Waals surface area contributed by atoms with Gasteiger partial charge in [-0.15, -0.1) is 0 Å². The van der Waals surface area contributed by atoms with Crippen LogP contribution in [-0.2, 0) is 11.3 Å². The van der Waals surface area contributed by atoms with Gasteiger partial charge in [0.05, 0.1) is 19.3 Å². The first kappa shape index (κ1) is 19.5. The number of β-amino-alcohol motifs (C(OH)–C–C–N with tert-alkyl or cyclic N) is 1. The van der Waals surface area contributed by atoms with Gasteiger partial charge in [0.15, 0.2) is 11.5 Å². The molecule has 1 aromatic rings. The van der Waals surface area contributed by atoms with E-state index in [1.54, 1.807) is 0 Å². The van der Waals surface area contributed by atoms with Crippen LogP contribution in [0.2, 0.25) is 0 Å². The molecule has 5 heteroatoms. The molecule has 1 saturated heterocycles. The second-order valence-corrected chi connectivity index (χ2v) is 8.65. The summed E-state index contributed by atoms with van der Waals surface area (Å²) in [4.78, 5) is 2.39. The highest BCUT2D eigenvalue weighted by Gasteiger charge is 2.27. The van der Waals surface area contributed by atoms with Crippen molar-refractivity contribution in [1.82, 2.24) is 4.90 Å². The Morgan fingerprint density at radius 1 is 1.19 bits per heavy atom. The van der Waals surface area contributed by atoms with Crippen molar-refractivity contribution in [3.63, 3.8) is 0 Å². The number of benzene rings is 1. The maximum atomic E-state index is 10.3. The lowest BCUT2D eigenvalue weighted by Gasteiger charge is -2.30. The second kappa shape index (κ2) is 8.59. The van der Waals surface area contributed by atoms with E-state index in [1.807, 2.05) is 18.2 Å². The SMILES string of the molecule is CC(C)(C)C1CCCN(CC(O)COCc2ccc3c(c2)OCO3)CC1. The van der Waals surface area contributed by atoms with E-state index in [-0.39, 0.29) is 6.79 Å². The summed E-state index contributed by atoms with van der Waals surface area (Å²) in [5.41, 5.74) is 1.41. The average Bonchev–Trinajstić information content (AvgIpc) is 2.91. The van der Waals surface area contributed by atoms with Crippen molar-refractivity contribution in [3.05, 3.63) is 23.8 Å². The van der Waals surface area contributed by atoms with E-state index in [9.17, 15) is 5.11 Å². The molecule has 1 N–H and O–H groups in total. The number of aliphatic hydroxyl groups excluding tert-OH is 1. The van der Waals surface area contributed by atoms with E-state index < -0.39 is 6.10 Å². The molecule has 0 radical (unpaired) electrons. The minimum Gasteiger partial charge on any atom is -0.454 e. The topological polar surface area (TPSA) is 51.2 Å². The predicted molar refractivity (Wildman–Crippen MR) is 101 cm³/mol. The molecular weight excluding hydrogens is 330 g/mol. The van der Waals surface area contributed by atoms with E-state index in [0.29, 0.717) is 25.2 Å². The zero-order valence-electron chi connectivity index (χ0n) is 16.4. The lowest BCUT2D eigenvalue weighted by atomic mass is 9.77. The van der Waals surface area contributed by atoms with E-state index in [0.717, 1.165) is 36.1 Å². The fraction of sp³-hybridized carbons (Fsp3) is 0.714. The Hall–Kier alpha value is -1.30. The number of fused-ring (bicyclic) bond motifs is 1. The molecule has 146 valence electrons. The van der Waals surface area contributed by atoms with Gasteiger partial charge in [0.2, 0.25) is 6.79 Å². The highest BCUT2D eigenvalue weighted by Crippen LogP contribution is 2.34. The van der Waals surface area contributed by atoms with Crippen LogP contribution in [0.5, 0.6) is 11.5 Å². The zero-order chi connectivity index (χ0) is 18.6. The molecule has 2 unspecified atom stereocenters. The molecule has 0 spiro atoms. The summed E-state index contributed by atoms with van der Waals surface area (Å²) in [6.45, 7) is 11.0. The van der Waals surface area contributed by atoms with Crippen LogP contribution in [0.3, 0.4) is 0 Å². The molecule has 2 aliphatic rings. The van der Waals surface area contributed by atoms with Crippen LogP contribution >= 0.6 is 0 Å². The number of likely N-dealkylation sites (tertiary alicyclic amines) is 1. The van der Waals surface area contributed by atoms with Crippen LogP contribution in [0.15, 0.2) is 18.2 Å². The normalized spacial score (nSPS) is 22.2. The molecule has 2 atom stereocenters. The fourth-order valence-corrected chi connectivity index (χ4v) is 3.90. The van der Waals surface area contributed by atoms with Gasteiger partial charge in [-0.25, -0.2) is 0 Å². The Bertz CT molecular complexity index is 584. The van der Waals surface area contributed by atoms with Gasteiger partial charge < -0.3 is 24.2 Å². The molecule has 3 rings (SSSR count). The summed E-state index contributed by atoms with van der Waals surface area (Å²) in [6, 6.07) is 5.82. The molecule has 1 fully saturated rings. The fourth-order valence-electron chi connectivity index (χ4n) is 3.90. The van der Waals surface area contributed by atoms with Gasteiger partial charge >= 0.3 is 0 Å². The molecular formula is C21H33NO4.